The van der Waals surface area contributed by atoms with E-state index in [1.807, 2.05) is 13.0 Å². The largest absolute Gasteiger partial charge is 0.472 e. The number of cyclic esters (lactones) is 1. The molecule has 0 aromatic carbocycles. The van der Waals surface area contributed by atoms with Crippen molar-refractivity contribution in [3.8, 4) is 0 Å². The molecule has 0 radical (unpaired) electrons. The van der Waals surface area contributed by atoms with Crippen molar-refractivity contribution in [2.24, 2.45) is 17.3 Å². The van der Waals surface area contributed by atoms with Gasteiger partial charge in [0.05, 0.1) is 25.6 Å². The molecule has 0 spiro atoms. The molecule has 0 amide bonds. The first kappa shape index (κ1) is 19.4. The molecule has 0 bridgehead atoms. The fourth-order valence-corrected chi connectivity index (χ4v) is 4.58. The number of ketones is 1. The molecule has 1 aliphatic heterocycles. The van der Waals surface area contributed by atoms with Gasteiger partial charge in [-0.1, -0.05) is 13.0 Å². The van der Waals surface area contributed by atoms with Crippen molar-refractivity contribution in [1.29, 1.82) is 0 Å². The highest BCUT2D eigenvalue weighted by molar-refractivity contribution is 5.90. The van der Waals surface area contributed by atoms with Gasteiger partial charge in [0.25, 0.3) is 0 Å². The van der Waals surface area contributed by atoms with E-state index in [2.05, 4.69) is 0 Å². The minimum Gasteiger partial charge on any atom is -0.472 e. The van der Waals surface area contributed by atoms with E-state index in [1.54, 1.807) is 25.5 Å². The smallest absolute Gasteiger partial charge is 0.333 e. The second kappa shape index (κ2) is 7.71. The van der Waals surface area contributed by atoms with Crippen molar-refractivity contribution in [2.45, 2.75) is 52.1 Å². The molecule has 3 rings (SSSR count). The maximum atomic E-state index is 12.7. The Balaban J connectivity index is 1.90. The van der Waals surface area contributed by atoms with Crippen LogP contribution in [0.4, 0.5) is 0 Å². The number of methoxy groups -OCH3 is 1. The SMILES string of the molecule is COC(=O)C1=CCCC(C2CC(c3ccoc3)OC2=O)C1(C)CCC(C)=O. The molecule has 0 saturated carbocycles. The molecular formula is C21H26O6. The first-order valence-corrected chi connectivity index (χ1v) is 9.37. The van der Waals surface area contributed by atoms with Gasteiger partial charge in [0.2, 0.25) is 0 Å². The van der Waals surface area contributed by atoms with Crippen LogP contribution in [0.25, 0.3) is 0 Å². The van der Waals surface area contributed by atoms with Gasteiger partial charge in [-0.25, -0.2) is 4.79 Å². The van der Waals surface area contributed by atoms with Crippen LogP contribution in [0.3, 0.4) is 0 Å². The van der Waals surface area contributed by atoms with E-state index in [0.29, 0.717) is 31.3 Å². The fraction of sp³-hybridized carbons (Fsp3) is 0.571. The second-order valence-corrected chi connectivity index (χ2v) is 7.74. The molecule has 1 fully saturated rings. The summed E-state index contributed by atoms with van der Waals surface area (Å²) in [4.78, 5) is 36.7. The molecule has 2 aliphatic rings. The fourth-order valence-electron chi connectivity index (χ4n) is 4.58. The van der Waals surface area contributed by atoms with Gasteiger partial charge in [0.15, 0.2) is 0 Å². The lowest BCUT2D eigenvalue weighted by Crippen LogP contribution is -2.41. The summed E-state index contributed by atoms with van der Waals surface area (Å²) in [6, 6.07) is 1.80. The van der Waals surface area contributed by atoms with Gasteiger partial charge in [-0.05, 0) is 38.2 Å². The number of rotatable bonds is 6. The van der Waals surface area contributed by atoms with Crippen LogP contribution >= 0.6 is 0 Å². The molecule has 1 saturated heterocycles. The summed E-state index contributed by atoms with van der Waals surface area (Å²) in [7, 11) is 1.36. The van der Waals surface area contributed by atoms with Crippen LogP contribution in [-0.2, 0) is 23.9 Å². The predicted molar refractivity (Wildman–Crippen MR) is 96.5 cm³/mol. The first-order chi connectivity index (χ1) is 12.9. The van der Waals surface area contributed by atoms with Crippen molar-refractivity contribution in [2.75, 3.05) is 7.11 Å². The average Bonchev–Trinajstić information content (AvgIpc) is 3.29. The van der Waals surface area contributed by atoms with E-state index in [-0.39, 0.29) is 35.7 Å². The molecule has 4 atom stereocenters. The number of carbonyl (C=O) groups excluding carboxylic acids is 3. The molecule has 1 aromatic rings. The number of allylic oxidation sites excluding steroid dienone is 1. The van der Waals surface area contributed by atoms with Gasteiger partial charge in [-0.3, -0.25) is 4.79 Å². The van der Waals surface area contributed by atoms with Crippen LogP contribution < -0.4 is 0 Å². The van der Waals surface area contributed by atoms with E-state index in [1.165, 1.54) is 7.11 Å². The molecule has 6 nitrogen and oxygen atoms in total. The quantitative estimate of drug-likeness (QED) is 0.705. The molecule has 2 heterocycles. The van der Waals surface area contributed by atoms with Gasteiger partial charge < -0.3 is 18.7 Å². The van der Waals surface area contributed by atoms with E-state index in [0.717, 1.165) is 12.0 Å². The normalized spacial score (nSPS) is 30.6. The molecule has 27 heavy (non-hydrogen) atoms. The van der Waals surface area contributed by atoms with Crippen molar-refractivity contribution in [3.63, 3.8) is 0 Å². The maximum Gasteiger partial charge on any atom is 0.333 e. The van der Waals surface area contributed by atoms with Crippen molar-refractivity contribution in [1.82, 2.24) is 0 Å². The third-order valence-electron chi connectivity index (χ3n) is 6.09. The summed E-state index contributed by atoms with van der Waals surface area (Å²) in [5.41, 5.74) is 0.810. The Morgan fingerprint density at radius 3 is 2.78 bits per heavy atom. The summed E-state index contributed by atoms with van der Waals surface area (Å²) in [5.74, 6) is -0.972. The number of furan rings is 1. The van der Waals surface area contributed by atoms with Crippen LogP contribution in [0, 0.1) is 17.3 Å². The molecule has 1 aromatic heterocycles. The monoisotopic (exact) mass is 374 g/mol. The molecule has 4 unspecified atom stereocenters. The van der Waals surface area contributed by atoms with Gasteiger partial charge >= 0.3 is 11.9 Å². The topological polar surface area (TPSA) is 82.8 Å². The van der Waals surface area contributed by atoms with Crippen molar-refractivity contribution < 1.29 is 28.3 Å². The molecular weight excluding hydrogens is 348 g/mol. The molecule has 146 valence electrons. The van der Waals surface area contributed by atoms with Crippen molar-refractivity contribution >= 4 is 17.7 Å². The number of ether oxygens (including phenoxy) is 2. The van der Waals surface area contributed by atoms with E-state index in [9.17, 15) is 14.4 Å². The second-order valence-electron chi connectivity index (χ2n) is 7.74. The van der Waals surface area contributed by atoms with E-state index in [4.69, 9.17) is 13.9 Å². The van der Waals surface area contributed by atoms with Gasteiger partial charge in [0, 0.05) is 29.4 Å². The molecule has 6 heteroatoms. The summed E-state index contributed by atoms with van der Waals surface area (Å²) in [5, 5.41) is 0. The van der Waals surface area contributed by atoms with E-state index < -0.39 is 5.41 Å². The lowest BCUT2D eigenvalue weighted by Gasteiger charge is -2.43. The predicted octanol–water partition coefficient (Wildman–Crippen LogP) is 3.77. The Morgan fingerprint density at radius 1 is 1.37 bits per heavy atom. The zero-order valence-electron chi connectivity index (χ0n) is 16.0. The maximum absolute atomic E-state index is 12.7. The highest BCUT2D eigenvalue weighted by atomic mass is 16.6. The zero-order chi connectivity index (χ0) is 19.6. The minimum atomic E-state index is -0.605. The van der Waals surface area contributed by atoms with Gasteiger partial charge in [0.1, 0.15) is 11.9 Å². The number of Topliss-reactive ketones (excluding diaryl/α,β-unsaturated/α-hetero) is 1. The number of hydrogen-bond acceptors (Lipinski definition) is 6. The van der Waals surface area contributed by atoms with Crippen molar-refractivity contribution in [3.05, 3.63) is 35.8 Å². The van der Waals surface area contributed by atoms with Crippen LogP contribution in [-0.4, -0.2) is 24.8 Å². The first-order valence-electron chi connectivity index (χ1n) is 9.37. The average molecular weight is 374 g/mol. The highest BCUT2D eigenvalue weighted by Crippen LogP contribution is 2.53. The Bertz CT molecular complexity index is 747. The summed E-state index contributed by atoms with van der Waals surface area (Å²) in [6.07, 6.45) is 7.61. The lowest BCUT2D eigenvalue weighted by atomic mass is 9.59. The van der Waals surface area contributed by atoms with E-state index >= 15 is 0 Å². The zero-order valence-corrected chi connectivity index (χ0v) is 16.0. The third kappa shape index (κ3) is 3.70. The standard InChI is InChI=1S/C21H26O6/c1-13(22)7-9-21(2)16(5-4-6-17(21)20(24)25-3)15-11-18(27-19(15)23)14-8-10-26-12-14/h6,8,10,12,15-16,18H,4-5,7,9,11H2,1-3H3. The van der Waals surface area contributed by atoms with Crippen LogP contribution in [0.15, 0.2) is 34.7 Å². The Morgan fingerprint density at radius 2 is 2.15 bits per heavy atom. The number of carbonyl (C=O) groups is 3. The number of esters is 2. The molecule has 0 N–H and O–H groups in total. The highest BCUT2D eigenvalue weighted by Gasteiger charge is 2.51. The summed E-state index contributed by atoms with van der Waals surface area (Å²) >= 11 is 0. The number of hydrogen-bond donors (Lipinski definition) is 0. The van der Waals surface area contributed by atoms with Gasteiger partial charge in [-0.2, -0.15) is 0 Å². The summed E-state index contributed by atoms with van der Waals surface area (Å²) in [6.45, 7) is 3.52. The van der Waals surface area contributed by atoms with Crippen LogP contribution in [0.1, 0.15) is 57.6 Å². The summed E-state index contributed by atoms with van der Waals surface area (Å²) < 4.78 is 15.7. The third-order valence-corrected chi connectivity index (χ3v) is 6.09. The minimum absolute atomic E-state index is 0.0648. The molecule has 1 aliphatic carbocycles. The lowest BCUT2D eigenvalue weighted by molar-refractivity contribution is -0.148. The Kier molecular flexibility index (Phi) is 5.53. The Labute approximate surface area is 158 Å². The van der Waals surface area contributed by atoms with Gasteiger partial charge in [-0.15, -0.1) is 0 Å². The Hall–Kier alpha value is -2.37. The van der Waals surface area contributed by atoms with Crippen LogP contribution in [0.5, 0.6) is 0 Å². The van der Waals surface area contributed by atoms with Crippen LogP contribution in [0.2, 0.25) is 0 Å².